The first-order valence-corrected chi connectivity index (χ1v) is 4.05. The lowest BCUT2D eigenvalue weighted by molar-refractivity contribution is 1.44. The van der Waals surface area contributed by atoms with Crippen molar-refractivity contribution in [2.75, 3.05) is 5.75 Å². The minimum absolute atomic E-state index is 0.863. The SMILES string of the molecule is N#CC1=C2C=CC=C2SC1. The summed E-state index contributed by atoms with van der Waals surface area (Å²) >= 11 is 1.75. The van der Waals surface area contributed by atoms with Crippen LogP contribution in [-0.4, -0.2) is 5.75 Å². The molecule has 0 atom stereocenters. The molecule has 1 aliphatic carbocycles. The van der Waals surface area contributed by atoms with E-state index in [9.17, 15) is 0 Å². The predicted octanol–water partition coefficient (Wildman–Crippen LogP) is 2.01. The van der Waals surface area contributed by atoms with Crippen LogP contribution in [0.2, 0.25) is 0 Å². The average Bonchev–Trinajstić information content (AvgIpc) is 2.44. The van der Waals surface area contributed by atoms with Gasteiger partial charge in [0.2, 0.25) is 0 Å². The standard InChI is InChI=1S/C8H5NS/c9-4-6-5-10-8-3-1-2-7(6)8/h1-3H,5H2. The molecule has 0 saturated heterocycles. The third kappa shape index (κ3) is 0.644. The number of hydrogen-bond donors (Lipinski definition) is 0. The number of hydrogen-bond acceptors (Lipinski definition) is 2. The van der Waals surface area contributed by atoms with E-state index in [0.717, 1.165) is 16.9 Å². The minimum Gasteiger partial charge on any atom is -0.193 e. The molecule has 0 aromatic rings. The van der Waals surface area contributed by atoms with Crippen molar-refractivity contribution < 1.29 is 0 Å². The summed E-state index contributed by atoms with van der Waals surface area (Å²) in [4.78, 5) is 1.26. The summed E-state index contributed by atoms with van der Waals surface area (Å²) in [6.45, 7) is 0. The van der Waals surface area contributed by atoms with Crippen LogP contribution in [0.3, 0.4) is 0 Å². The Kier molecular flexibility index (Phi) is 1.18. The van der Waals surface area contributed by atoms with Gasteiger partial charge in [-0.25, -0.2) is 0 Å². The highest BCUT2D eigenvalue weighted by atomic mass is 32.2. The second-order valence-corrected chi connectivity index (χ2v) is 3.20. The van der Waals surface area contributed by atoms with E-state index < -0.39 is 0 Å². The zero-order valence-electron chi connectivity index (χ0n) is 5.29. The summed E-state index contributed by atoms with van der Waals surface area (Å²) in [6, 6.07) is 2.20. The maximum absolute atomic E-state index is 8.63. The smallest absolute Gasteiger partial charge is 0.0962 e. The fourth-order valence-electron chi connectivity index (χ4n) is 1.10. The van der Waals surface area contributed by atoms with Crippen LogP contribution in [0.25, 0.3) is 0 Å². The van der Waals surface area contributed by atoms with Crippen LogP contribution in [0.4, 0.5) is 0 Å². The number of allylic oxidation sites excluding steroid dienone is 4. The molecular formula is C8H5NS. The van der Waals surface area contributed by atoms with Gasteiger partial charge >= 0.3 is 0 Å². The van der Waals surface area contributed by atoms with Gasteiger partial charge in [-0.1, -0.05) is 12.2 Å². The molecule has 1 aliphatic heterocycles. The van der Waals surface area contributed by atoms with Crippen molar-refractivity contribution >= 4 is 11.8 Å². The lowest BCUT2D eigenvalue weighted by Crippen LogP contribution is -1.77. The largest absolute Gasteiger partial charge is 0.193 e. The second kappa shape index (κ2) is 2.03. The Labute approximate surface area is 63.7 Å². The zero-order valence-corrected chi connectivity index (χ0v) is 6.11. The molecule has 2 rings (SSSR count). The van der Waals surface area contributed by atoms with E-state index in [-0.39, 0.29) is 0 Å². The molecule has 0 saturated carbocycles. The molecule has 1 nitrogen and oxygen atoms in total. The molecular weight excluding hydrogens is 142 g/mol. The zero-order chi connectivity index (χ0) is 6.97. The molecule has 0 unspecified atom stereocenters. The molecule has 0 bridgehead atoms. The second-order valence-electron chi connectivity index (χ2n) is 2.18. The number of thioether (sulfide) groups is 1. The monoisotopic (exact) mass is 147 g/mol. The van der Waals surface area contributed by atoms with Gasteiger partial charge in [0, 0.05) is 21.8 Å². The molecule has 0 aromatic heterocycles. The normalized spacial score (nSPS) is 20.9. The Morgan fingerprint density at radius 1 is 1.60 bits per heavy atom. The Balaban J connectivity index is 2.53. The van der Waals surface area contributed by atoms with E-state index in [2.05, 4.69) is 12.1 Å². The van der Waals surface area contributed by atoms with E-state index in [1.165, 1.54) is 4.91 Å². The van der Waals surface area contributed by atoms with Crippen molar-refractivity contribution in [1.82, 2.24) is 0 Å². The molecule has 0 spiro atoms. The lowest BCUT2D eigenvalue weighted by atomic mass is 10.2. The van der Waals surface area contributed by atoms with E-state index >= 15 is 0 Å². The molecule has 0 aromatic carbocycles. The maximum Gasteiger partial charge on any atom is 0.0962 e. The van der Waals surface area contributed by atoms with Crippen molar-refractivity contribution in [1.29, 1.82) is 5.26 Å². The van der Waals surface area contributed by atoms with Gasteiger partial charge in [-0.05, 0) is 6.08 Å². The highest BCUT2D eigenvalue weighted by Gasteiger charge is 2.19. The molecule has 0 N–H and O–H groups in total. The quantitative estimate of drug-likeness (QED) is 0.523. The number of nitriles is 1. The van der Waals surface area contributed by atoms with Crippen molar-refractivity contribution in [2.45, 2.75) is 0 Å². The lowest BCUT2D eigenvalue weighted by Gasteiger charge is -1.87. The van der Waals surface area contributed by atoms with E-state index in [4.69, 9.17) is 5.26 Å². The highest BCUT2D eigenvalue weighted by molar-refractivity contribution is 8.03. The van der Waals surface area contributed by atoms with Crippen LogP contribution < -0.4 is 0 Å². The first-order valence-electron chi connectivity index (χ1n) is 3.06. The van der Waals surface area contributed by atoms with Gasteiger partial charge in [0.25, 0.3) is 0 Å². The van der Waals surface area contributed by atoms with Crippen LogP contribution in [-0.2, 0) is 0 Å². The molecule has 1 heterocycles. The minimum atomic E-state index is 0.863. The van der Waals surface area contributed by atoms with Crippen molar-refractivity contribution in [3.05, 3.63) is 34.3 Å². The Morgan fingerprint density at radius 3 is 3.30 bits per heavy atom. The van der Waals surface area contributed by atoms with Gasteiger partial charge in [-0.3, -0.25) is 0 Å². The number of rotatable bonds is 0. The van der Waals surface area contributed by atoms with Crippen LogP contribution in [0.1, 0.15) is 0 Å². The number of nitrogens with zero attached hydrogens (tertiary/aromatic N) is 1. The first-order chi connectivity index (χ1) is 4.92. The van der Waals surface area contributed by atoms with Crippen molar-refractivity contribution in [2.24, 2.45) is 0 Å². The summed E-state index contributed by atoms with van der Waals surface area (Å²) in [5.41, 5.74) is 2.07. The first kappa shape index (κ1) is 5.82. The molecule has 0 amide bonds. The summed E-state index contributed by atoms with van der Waals surface area (Å²) in [5.74, 6) is 0.863. The molecule has 10 heavy (non-hydrogen) atoms. The predicted molar refractivity (Wildman–Crippen MR) is 42.3 cm³/mol. The van der Waals surface area contributed by atoms with E-state index in [0.29, 0.717) is 0 Å². The Hall–Kier alpha value is -0.940. The van der Waals surface area contributed by atoms with E-state index in [1.807, 2.05) is 12.2 Å². The van der Waals surface area contributed by atoms with Crippen LogP contribution in [0.5, 0.6) is 0 Å². The van der Waals surface area contributed by atoms with E-state index in [1.54, 1.807) is 11.8 Å². The van der Waals surface area contributed by atoms with Crippen molar-refractivity contribution in [3.63, 3.8) is 0 Å². The number of fused-ring (bicyclic) bond motifs is 1. The topological polar surface area (TPSA) is 23.8 Å². The van der Waals surface area contributed by atoms with Crippen LogP contribution >= 0.6 is 11.8 Å². The van der Waals surface area contributed by atoms with Gasteiger partial charge in [-0.15, -0.1) is 11.8 Å². The van der Waals surface area contributed by atoms with Gasteiger partial charge in [0.05, 0.1) is 6.07 Å². The van der Waals surface area contributed by atoms with Gasteiger partial charge in [0.15, 0.2) is 0 Å². The fraction of sp³-hybridized carbons (Fsp3) is 0.125. The Morgan fingerprint density at radius 2 is 2.50 bits per heavy atom. The van der Waals surface area contributed by atoms with Gasteiger partial charge in [-0.2, -0.15) is 5.26 Å². The van der Waals surface area contributed by atoms with Crippen LogP contribution in [0.15, 0.2) is 34.3 Å². The third-order valence-corrected chi connectivity index (χ3v) is 2.71. The molecule has 0 radical (unpaired) electrons. The molecule has 48 valence electrons. The fourth-order valence-corrected chi connectivity index (χ4v) is 2.14. The summed E-state index contributed by atoms with van der Waals surface area (Å²) < 4.78 is 0. The van der Waals surface area contributed by atoms with Crippen molar-refractivity contribution in [3.8, 4) is 6.07 Å². The van der Waals surface area contributed by atoms with Gasteiger partial charge < -0.3 is 0 Å². The summed E-state index contributed by atoms with van der Waals surface area (Å²) in [6.07, 6.45) is 6.06. The third-order valence-electron chi connectivity index (χ3n) is 1.61. The van der Waals surface area contributed by atoms with Gasteiger partial charge in [0.1, 0.15) is 0 Å². The Bertz CT molecular complexity index is 302. The molecule has 0 fully saturated rings. The summed E-state index contributed by atoms with van der Waals surface area (Å²) in [5, 5.41) is 8.63. The highest BCUT2D eigenvalue weighted by Crippen LogP contribution is 2.39. The summed E-state index contributed by atoms with van der Waals surface area (Å²) in [7, 11) is 0. The molecule has 2 aliphatic rings. The maximum atomic E-state index is 8.63. The average molecular weight is 147 g/mol. The molecule has 2 heteroatoms. The van der Waals surface area contributed by atoms with Crippen LogP contribution in [0, 0.1) is 11.3 Å².